The third kappa shape index (κ3) is 3.33. The molecular weight excluding hydrogens is 204 g/mol. The Morgan fingerprint density at radius 1 is 1.27 bits per heavy atom. The summed E-state index contributed by atoms with van der Waals surface area (Å²) in [6.07, 6.45) is 6.48. The van der Waals surface area contributed by atoms with Crippen molar-refractivity contribution in [3.63, 3.8) is 0 Å². The minimum Gasteiger partial charge on any atom is -0.360 e. The molecule has 3 heteroatoms. The van der Waals surface area contributed by atoms with Crippen molar-refractivity contribution in [2.75, 3.05) is 13.1 Å². The van der Waals surface area contributed by atoms with Gasteiger partial charge in [-0.05, 0) is 49.7 Å². The maximum Gasteiger partial charge on any atom is 0.169 e. The second-order valence-corrected chi connectivity index (χ2v) is 6.12. The number of nitrogens with zero attached hydrogens (tertiary/aromatic N) is 1. The van der Waals surface area contributed by atoms with Gasteiger partial charge in [0.2, 0.25) is 0 Å². The van der Waals surface area contributed by atoms with E-state index in [0.29, 0.717) is 11.5 Å². The van der Waals surface area contributed by atoms with Gasteiger partial charge in [0.15, 0.2) is 5.11 Å². The van der Waals surface area contributed by atoms with Crippen LogP contribution in [-0.2, 0) is 0 Å². The lowest BCUT2D eigenvalue weighted by molar-refractivity contribution is 0.313. The van der Waals surface area contributed by atoms with Crippen LogP contribution in [0.2, 0.25) is 0 Å². The maximum atomic E-state index is 5.44. The lowest BCUT2D eigenvalue weighted by Crippen LogP contribution is -2.41. The molecule has 0 spiro atoms. The molecule has 1 heterocycles. The van der Waals surface area contributed by atoms with Crippen LogP contribution >= 0.6 is 12.2 Å². The van der Waals surface area contributed by atoms with Crippen LogP contribution in [0.1, 0.15) is 46.0 Å². The van der Waals surface area contributed by atoms with Crippen LogP contribution in [0.3, 0.4) is 0 Å². The second kappa shape index (κ2) is 4.28. The Morgan fingerprint density at radius 3 is 2.67 bits per heavy atom. The van der Waals surface area contributed by atoms with Crippen LogP contribution in [0, 0.1) is 5.41 Å². The summed E-state index contributed by atoms with van der Waals surface area (Å²) in [6.45, 7) is 7.01. The fourth-order valence-electron chi connectivity index (χ4n) is 2.12. The van der Waals surface area contributed by atoms with Gasteiger partial charge in [-0.2, -0.15) is 0 Å². The van der Waals surface area contributed by atoms with E-state index >= 15 is 0 Å². The Morgan fingerprint density at radius 2 is 2.00 bits per heavy atom. The van der Waals surface area contributed by atoms with E-state index in [9.17, 15) is 0 Å². The summed E-state index contributed by atoms with van der Waals surface area (Å²) in [4.78, 5) is 2.36. The summed E-state index contributed by atoms with van der Waals surface area (Å²) in [5, 5.41) is 4.43. The van der Waals surface area contributed by atoms with Crippen molar-refractivity contribution in [1.82, 2.24) is 10.2 Å². The molecule has 1 aliphatic carbocycles. The molecule has 86 valence electrons. The molecule has 0 aromatic carbocycles. The molecule has 0 aromatic heterocycles. The van der Waals surface area contributed by atoms with Crippen molar-refractivity contribution in [2.45, 2.75) is 52.0 Å². The molecule has 1 saturated heterocycles. The fraction of sp³-hybridized carbons (Fsp3) is 0.917. The highest BCUT2D eigenvalue weighted by Crippen LogP contribution is 2.30. The average molecular weight is 226 g/mol. The van der Waals surface area contributed by atoms with Crippen molar-refractivity contribution in [3.05, 3.63) is 0 Å². The van der Waals surface area contributed by atoms with Gasteiger partial charge in [-0.3, -0.25) is 0 Å². The molecule has 15 heavy (non-hydrogen) atoms. The molecule has 0 radical (unpaired) electrons. The van der Waals surface area contributed by atoms with E-state index in [4.69, 9.17) is 12.2 Å². The van der Waals surface area contributed by atoms with Crippen molar-refractivity contribution in [1.29, 1.82) is 0 Å². The summed E-state index contributed by atoms with van der Waals surface area (Å²) in [5.41, 5.74) is 0.504. The van der Waals surface area contributed by atoms with Crippen LogP contribution in [-0.4, -0.2) is 29.1 Å². The predicted octanol–water partition coefficient (Wildman–Crippen LogP) is 2.54. The smallest absolute Gasteiger partial charge is 0.169 e. The first-order valence-electron chi connectivity index (χ1n) is 6.12. The van der Waals surface area contributed by atoms with E-state index in [1.807, 2.05) is 0 Å². The molecule has 2 nitrogen and oxygen atoms in total. The summed E-state index contributed by atoms with van der Waals surface area (Å²) < 4.78 is 0. The summed E-state index contributed by atoms with van der Waals surface area (Å²) >= 11 is 5.44. The van der Waals surface area contributed by atoms with Crippen LogP contribution in [0.15, 0.2) is 0 Å². The van der Waals surface area contributed by atoms with Gasteiger partial charge in [0.1, 0.15) is 0 Å². The van der Waals surface area contributed by atoms with E-state index in [1.165, 1.54) is 32.1 Å². The zero-order valence-corrected chi connectivity index (χ0v) is 10.7. The molecule has 0 atom stereocenters. The standard InChI is InChI=1S/C12H22N2S/c1-12(2)6-3-8-14(9-7-12)11(15)13-10-4-5-10/h10H,3-9H2,1-2H3,(H,13,15). The molecule has 1 saturated carbocycles. The van der Waals surface area contributed by atoms with Gasteiger partial charge in [0, 0.05) is 19.1 Å². The number of rotatable bonds is 1. The van der Waals surface area contributed by atoms with Gasteiger partial charge in [0.05, 0.1) is 0 Å². The van der Waals surface area contributed by atoms with Crippen LogP contribution in [0.25, 0.3) is 0 Å². The highest BCUT2D eigenvalue weighted by Gasteiger charge is 2.27. The molecule has 0 amide bonds. The molecule has 2 fully saturated rings. The Kier molecular flexibility index (Phi) is 3.19. The van der Waals surface area contributed by atoms with Crippen molar-refractivity contribution >= 4 is 17.3 Å². The summed E-state index contributed by atoms with van der Waals surface area (Å²) in [5.74, 6) is 0. The van der Waals surface area contributed by atoms with E-state index in [1.54, 1.807) is 0 Å². The normalized spacial score (nSPS) is 25.9. The number of hydrogen-bond donors (Lipinski definition) is 1. The van der Waals surface area contributed by atoms with Gasteiger partial charge in [-0.1, -0.05) is 13.8 Å². The molecule has 1 aliphatic heterocycles. The van der Waals surface area contributed by atoms with Crippen molar-refractivity contribution in [2.24, 2.45) is 5.41 Å². The summed E-state index contributed by atoms with van der Waals surface area (Å²) in [6, 6.07) is 0.689. The molecule has 2 aliphatic rings. The lowest BCUT2D eigenvalue weighted by Gasteiger charge is -2.25. The topological polar surface area (TPSA) is 15.3 Å². The minimum absolute atomic E-state index is 0.504. The Labute approximate surface area is 98.4 Å². The number of thiocarbonyl (C=S) groups is 1. The highest BCUT2D eigenvalue weighted by molar-refractivity contribution is 7.80. The van der Waals surface area contributed by atoms with E-state index in [2.05, 4.69) is 24.1 Å². The molecular formula is C12H22N2S. The van der Waals surface area contributed by atoms with Crippen LogP contribution < -0.4 is 5.32 Å². The Bertz CT molecular complexity index is 246. The molecule has 0 bridgehead atoms. The van der Waals surface area contributed by atoms with Gasteiger partial charge in [-0.15, -0.1) is 0 Å². The SMILES string of the molecule is CC1(C)CCCN(C(=S)NC2CC2)CC1. The Hall–Kier alpha value is -0.310. The third-order valence-corrected chi connectivity index (χ3v) is 3.91. The zero-order valence-electron chi connectivity index (χ0n) is 9.88. The fourth-order valence-corrected chi connectivity index (χ4v) is 2.47. The first kappa shape index (κ1) is 11.2. The first-order chi connectivity index (χ1) is 7.07. The Balaban J connectivity index is 1.84. The van der Waals surface area contributed by atoms with Crippen molar-refractivity contribution in [3.8, 4) is 0 Å². The van der Waals surface area contributed by atoms with Gasteiger partial charge >= 0.3 is 0 Å². The van der Waals surface area contributed by atoms with Gasteiger partial charge < -0.3 is 10.2 Å². The van der Waals surface area contributed by atoms with Crippen molar-refractivity contribution < 1.29 is 0 Å². The monoisotopic (exact) mass is 226 g/mol. The lowest BCUT2D eigenvalue weighted by atomic mass is 9.85. The quantitative estimate of drug-likeness (QED) is 0.692. The zero-order chi connectivity index (χ0) is 10.9. The predicted molar refractivity (Wildman–Crippen MR) is 68.0 cm³/mol. The molecule has 2 rings (SSSR count). The number of hydrogen-bond acceptors (Lipinski definition) is 1. The third-order valence-electron chi connectivity index (χ3n) is 3.53. The van der Waals surface area contributed by atoms with Gasteiger partial charge in [0.25, 0.3) is 0 Å². The molecule has 0 unspecified atom stereocenters. The van der Waals surface area contributed by atoms with E-state index in [-0.39, 0.29) is 0 Å². The number of likely N-dealkylation sites (tertiary alicyclic amines) is 1. The first-order valence-corrected chi connectivity index (χ1v) is 6.53. The maximum absolute atomic E-state index is 5.44. The summed E-state index contributed by atoms with van der Waals surface area (Å²) in [7, 11) is 0. The van der Waals surface area contributed by atoms with Crippen LogP contribution in [0.5, 0.6) is 0 Å². The average Bonchev–Trinajstić information content (AvgIpc) is 2.93. The van der Waals surface area contributed by atoms with E-state index < -0.39 is 0 Å². The van der Waals surface area contributed by atoms with Gasteiger partial charge in [-0.25, -0.2) is 0 Å². The molecule has 1 N–H and O–H groups in total. The number of nitrogens with one attached hydrogen (secondary N) is 1. The minimum atomic E-state index is 0.504. The molecule has 0 aromatic rings. The van der Waals surface area contributed by atoms with Crippen LogP contribution in [0.4, 0.5) is 0 Å². The highest BCUT2D eigenvalue weighted by atomic mass is 32.1. The van der Waals surface area contributed by atoms with E-state index in [0.717, 1.165) is 18.2 Å². The largest absolute Gasteiger partial charge is 0.360 e. The second-order valence-electron chi connectivity index (χ2n) is 5.73.